The predicted octanol–water partition coefficient (Wildman–Crippen LogP) is 5.31. The van der Waals surface area contributed by atoms with Crippen molar-refractivity contribution < 1.29 is 13.9 Å². The van der Waals surface area contributed by atoms with Crippen LogP contribution < -0.4 is 9.47 Å². The van der Waals surface area contributed by atoms with Crippen molar-refractivity contribution in [1.82, 2.24) is 9.97 Å². The molecule has 0 aliphatic rings. The summed E-state index contributed by atoms with van der Waals surface area (Å²) in [6, 6.07) is 6.65. The molecule has 0 amide bonds. The van der Waals surface area contributed by atoms with Crippen molar-refractivity contribution in [2.45, 2.75) is 58.5 Å². The quantitative estimate of drug-likeness (QED) is 0.501. The van der Waals surface area contributed by atoms with E-state index in [1.807, 2.05) is 6.07 Å². The molecule has 1 aromatic carbocycles. The molecule has 0 aliphatic carbocycles. The summed E-state index contributed by atoms with van der Waals surface area (Å²) in [7, 11) is 0. The van der Waals surface area contributed by atoms with Gasteiger partial charge in [0.05, 0.1) is 24.6 Å². The van der Waals surface area contributed by atoms with Crippen LogP contribution in [-0.4, -0.2) is 22.7 Å². The van der Waals surface area contributed by atoms with Crippen molar-refractivity contribution in [2.24, 2.45) is 0 Å². The number of nitriles is 1. The highest BCUT2D eigenvalue weighted by Crippen LogP contribution is 2.24. The summed E-state index contributed by atoms with van der Waals surface area (Å²) in [5, 5.41) is 8.74. The van der Waals surface area contributed by atoms with Crippen LogP contribution in [-0.2, 0) is 0 Å². The summed E-state index contributed by atoms with van der Waals surface area (Å²) in [5.41, 5.74) is 0.293. The number of rotatable bonds is 11. The molecule has 0 spiro atoms. The van der Waals surface area contributed by atoms with Crippen LogP contribution in [0.25, 0.3) is 11.4 Å². The second-order valence-electron chi connectivity index (χ2n) is 6.39. The Morgan fingerprint density at radius 1 is 1.07 bits per heavy atom. The number of benzene rings is 1. The summed E-state index contributed by atoms with van der Waals surface area (Å²) < 4.78 is 25.3. The second kappa shape index (κ2) is 11.1. The Hall–Kier alpha value is -2.68. The van der Waals surface area contributed by atoms with Gasteiger partial charge in [-0.1, -0.05) is 39.0 Å². The fourth-order valence-electron chi connectivity index (χ4n) is 2.59. The molecule has 0 aliphatic heterocycles. The van der Waals surface area contributed by atoms with E-state index in [4.69, 9.17) is 14.7 Å². The second-order valence-corrected chi connectivity index (χ2v) is 6.39. The molecule has 0 fully saturated rings. The van der Waals surface area contributed by atoms with E-state index < -0.39 is 11.9 Å². The minimum absolute atomic E-state index is 0.256. The molecule has 144 valence electrons. The molecule has 0 bridgehead atoms. The van der Waals surface area contributed by atoms with Crippen LogP contribution in [0.5, 0.6) is 11.5 Å². The van der Waals surface area contributed by atoms with Crippen LogP contribution in [0, 0.1) is 17.1 Å². The van der Waals surface area contributed by atoms with Gasteiger partial charge in [-0.25, -0.2) is 14.4 Å². The van der Waals surface area contributed by atoms with Gasteiger partial charge < -0.3 is 9.47 Å². The Morgan fingerprint density at radius 2 is 1.78 bits per heavy atom. The first-order valence-electron chi connectivity index (χ1n) is 9.45. The molecule has 0 N–H and O–H groups in total. The molecule has 0 saturated heterocycles. The molecule has 6 heteroatoms. The third-order valence-electron chi connectivity index (χ3n) is 4.07. The highest BCUT2D eigenvalue weighted by atomic mass is 19.1. The molecule has 1 atom stereocenters. The smallest absolute Gasteiger partial charge is 0.181 e. The van der Waals surface area contributed by atoms with Crippen molar-refractivity contribution in [2.75, 3.05) is 6.61 Å². The number of aromatic nitrogens is 2. The van der Waals surface area contributed by atoms with Crippen LogP contribution in [0.15, 0.2) is 30.6 Å². The summed E-state index contributed by atoms with van der Waals surface area (Å²) in [6.07, 6.45) is 9.36. The van der Waals surface area contributed by atoms with Gasteiger partial charge in [-0.05, 0) is 25.5 Å². The van der Waals surface area contributed by atoms with E-state index in [-0.39, 0.29) is 5.82 Å². The Morgan fingerprint density at radius 3 is 2.44 bits per heavy atom. The Balaban J connectivity index is 1.88. The van der Waals surface area contributed by atoms with Gasteiger partial charge in [0.1, 0.15) is 17.6 Å². The van der Waals surface area contributed by atoms with Gasteiger partial charge in [-0.2, -0.15) is 5.26 Å². The zero-order valence-electron chi connectivity index (χ0n) is 15.9. The zero-order chi connectivity index (χ0) is 19.5. The van der Waals surface area contributed by atoms with Gasteiger partial charge in [0.15, 0.2) is 17.7 Å². The first-order valence-corrected chi connectivity index (χ1v) is 9.45. The lowest BCUT2D eigenvalue weighted by molar-refractivity contribution is 0.274. The van der Waals surface area contributed by atoms with E-state index in [2.05, 4.69) is 16.9 Å². The van der Waals surface area contributed by atoms with Gasteiger partial charge >= 0.3 is 0 Å². The van der Waals surface area contributed by atoms with Crippen molar-refractivity contribution in [1.29, 1.82) is 5.26 Å². The third kappa shape index (κ3) is 6.86. The SMILES string of the molecule is CCCCCCCCOc1ccc(-c2ncc(OC(C)C#N)cn2)c(F)c1. The van der Waals surface area contributed by atoms with E-state index in [9.17, 15) is 4.39 Å². The molecule has 2 aromatic rings. The maximum Gasteiger partial charge on any atom is 0.181 e. The van der Waals surface area contributed by atoms with Gasteiger partial charge in [0.2, 0.25) is 0 Å². The zero-order valence-corrected chi connectivity index (χ0v) is 15.9. The lowest BCUT2D eigenvalue weighted by Crippen LogP contribution is -2.08. The van der Waals surface area contributed by atoms with Crippen LogP contribution in [0.2, 0.25) is 0 Å². The molecule has 0 saturated carbocycles. The maximum atomic E-state index is 14.4. The van der Waals surface area contributed by atoms with Gasteiger partial charge in [0, 0.05) is 6.07 Å². The average Bonchev–Trinajstić information content (AvgIpc) is 2.68. The number of hydrogen-bond donors (Lipinski definition) is 0. The molecule has 2 rings (SSSR count). The summed E-state index contributed by atoms with van der Waals surface area (Å²) in [4.78, 5) is 8.22. The fraction of sp³-hybridized carbons (Fsp3) is 0.476. The Kier molecular flexibility index (Phi) is 8.50. The van der Waals surface area contributed by atoms with Gasteiger partial charge in [-0.15, -0.1) is 0 Å². The molecule has 1 unspecified atom stereocenters. The minimum Gasteiger partial charge on any atom is -0.493 e. The summed E-state index contributed by atoms with van der Waals surface area (Å²) >= 11 is 0. The molecule has 1 heterocycles. The topological polar surface area (TPSA) is 68.0 Å². The van der Waals surface area contributed by atoms with Crippen molar-refractivity contribution >= 4 is 0 Å². The van der Waals surface area contributed by atoms with Crippen LogP contribution in [0.3, 0.4) is 0 Å². The monoisotopic (exact) mass is 371 g/mol. The maximum absolute atomic E-state index is 14.4. The molecule has 0 radical (unpaired) electrons. The standard InChI is InChI=1S/C21H26FN3O2/c1-3-4-5-6-7-8-11-26-17-9-10-19(20(22)12-17)21-24-14-18(15-25-21)27-16(2)13-23/h9-10,12,14-16H,3-8,11H2,1-2H3. The van der Waals surface area contributed by atoms with Gasteiger partial charge in [-0.3, -0.25) is 0 Å². The number of ether oxygens (including phenoxy) is 2. The molecule has 5 nitrogen and oxygen atoms in total. The molecular formula is C21H26FN3O2. The normalized spacial score (nSPS) is 11.6. The van der Waals surface area contributed by atoms with Crippen molar-refractivity contribution in [3.05, 3.63) is 36.4 Å². The minimum atomic E-state index is -0.598. The van der Waals surface area contributed by atoms with E-state index >= 15 is 0 Å². The number of unbranched alkanes of at least 4 members (excludes halogenated alkanes) is 5. The van der Waals surface area contributed by atoms with Gasteiger partial charge in [0.25, 0.3) is 0 Å². The van der Waals surface area contributed by atoms with Crippen molar-refractivity contribution in [3.63, 3.8) is 0 Å². The third-order valence-corrected chi connectivity index (χ3v) is 4.07. The van der Waals surface area contributed by atoms with E-state index in [1.165, 1.54) is 44.1 Å². The predicted molar refractivity (Wildman–Crippen MR) is 102 cm³/mol. The largest absolute Gasteiger partial charge is 0.493 e. The summed E-state index contributed by atoms with van der Waals surface area (Å²) in [6.45, 7) is 4.41. The molecular weight excluding hydrogens is 345 g/mol. The summed E-state index contributed by atoms with van der Waals surface area (Å²) in [5.74, 6) is 0.696. The Bertz CT molecular complexity index is 744. The van der Waals surface area contributed by atoms with Crippen LogP contribution in [0.1, 0.15) is 52.4 Å². The number of halogens is 1. The fourth-order valence-corrected chi connectivity index (χ4v) is 2.59. The highest BCUT2D eigenvalue weighted by molar-refractivity contribution is 5.57. The van der Waals surface area contributed by atoms with E-state index in [0.717, 1.165) is 12.8 Å². The Labute approximate surface area is 160 Å². The molecule has 1 aromatic heterocycles. The average molecular weight is 371 g/mol. The van der Waals surface area contributed by atoms with Crippen LogP contribution >= 0.6 is 0 Å². The highest BCUT2D eigenvalue weighted by Gasteiger charge is 2.11. The van der Waals surface area contributed by atoms with Crippen molar-refractivity contribution in [3.8, 4) is 29.0 Å². The van der Waals surface area contributed by atoms with E-state index in [0.29, 0.717) is 23.7 Å². The lowest BCUT2D eigenvalue weighted by atomic mass is 10.1. The lowest BCUT2D eigenvalue weighted by Gasteiger charge is -2.09. The number of nitrogens with zero attached hydrogens (tertiary/aromatic N) is 3. The first-order chi connectivity index (χ1) is 13.1. The van der Waals surface area contributed by atoms with Crippen LogP contribution in [0.4, 0.5) is 4.39 Å². The first kappa shape index (κ1) is 20.6. The van der Waals surface area contributed by atoms with E-state index in [1.54, 1.807) is 19.1 Å². The number of hydrogen-bond acceptors (Lipinski definition) is 5. The molecule has 27 heavy (non-hydrogen) atoms.